The van der Waals surface area contributed by atoms with Gasteiger partial charge in [-0.1, -0.05) is 18.2 Å². The highest BCUT2D eigenvalue weighted by atomic mass is 32.2. The maximum absolute atomic E-state index is 12.6. The summed E-state index contributed by atoms with van der Waals surface area (Å²) in [6.07, 6.45) is 1.64. The van der Waals surface area contributed by atoms with Gasteiger partial charge >= 0.3 is 5.97 Å². The highest BCUT2D eigenvalue weighted by Crippen LogP contribution is 2.35. The van der Waals surface area contributed by atoms with Gasteiger partial charge in [-0.2, -0.15) is 0 Å². The van der Waals surface area contributed by atoms with Crippen LogP contribution in [0.5, 0.6) is 5.75 Å². The summed E-state index contributed by atoms with van der Waals surface area (Å²) in [4.78, 5) is 30.0. The molecule has 6 nitrogen and oxygen atoms in total. The average Bonchev–Trinajstić information content (AvgIpc) is 2.92. The van der Waals surface area contributed by atoms with Gasteiger partial charge in [0.15, 0.2) is 5.17 Å². The van der Waals surface area contributed by atoms with E-state index in [1.54, 1.807) is 47.4 Å². The Balaban J connectivity index is 1.92. The van der Waals surface area contributed by atoms with Gasteiger partial charge in [0.2, 0.25) is 0 Å². The summed E-state index contributed by atoms with van der Waals surface area (Å²) < 4.78 is 0. The molecule has 0 unspecified atom stereocenters. The molecule has 1 aliphatic rings. The van der Waals surface area contributed by atoms with E-state index < -0.39 is 5.97 Å². The molecular weight excluding hydrogens is 352 g/mol. The molecule has 26 heavy (non-hydrogen) atoms. The van der Waals surface area contributed by atoms with Crippen molar-refractivity contribution in [3.05, 3.63) is 64.6 Å². The van der Waals surface area contributed by atoms with Crippen molar-refractivity contribution in [3.8, 4) is 5.75 Å². The Hall–Kier alpha value is -3.06. The van der Waals surface area contributed by atoms with Crippen LogP contribution in [-0.4, -0.2) is 38.7 Å². The molecule has 0 aliphatic carbocycles. The molecule has 132 valence electrons. The maximum atomic E-state index is 12.6. The number of carbonyl (C=O) groups excluding carboxylic acids is 1. The van der Waals surface area contributed by atoms with Gasteiger partial charge < -0.3 is 10.2 Å². The third-order valence-electron chi connectivity index (χ3n) is 3.77. The number of nitrogens with zero attached hydrogens (tertiary/aromatic N) is 2. The highest BCUT2D eigenvalue weighted by Gasteiger charge is 2.32. The largest absolute Gasteiger partial charge is 0.507 e. The summed E-state index contributed by atoms with van der Waals surface area (Å²) in [5.41, 5.74) is 1.30. The Bertz CT molecular complexity index is 919. The summed E-state index contributed by atoms with van der Waals surface area (Å²) >= 11 is 1.22. The monoisotopic (exact) mass is 368 g/mol. The van der Waals surface area contributed by atoms with Crippen LogP contribution in [0.4, 0.5) is 5.69 Å². The summed E-state index contributed by atoms with van der Waals surface area (Å²) in [5.74, 6) is -1.08. The number of aromatic hydroxyl groups is 1. The molecule has 1 saturated heterocycles. The van der Waals surface area contributed by atoms with Crippen LogP contribution in [0, 0.1) is 0 Å². The van der Waals surface area contributed by atoms with Crippen LogP contribution in [0.1, 0.15) is 22.8 Å². The van der Waals surface area contributed by atoms with E-state index in [1.165, 1.54) is 23.9 Å². The molecule has 2 N–H and O–H groups in total. The number of phenolic OH excluding ortho intramolecular Hbond substituents is 1. The molecule has 2 aromatic rings. The second kappa shape index (κ2) is 7.45. The fraction of sp³-hybridized carbons (Fsp3) is 0.105. The Morgan fingerprint density at radius 2 is 1.88 bits per heavy atom. The van der Waals surface area contributed by atoms with Crippen molar-refractivity contribution in [2.75, 3.05) is 6.54 Å². The van der Waals surface area contributed by atoms with E-state index in [1.807, 2.05) is 6.92 Å². The first-order valence-electron chi connectivity index (χ1n) is 7.91. The third kappa shape index (κ3) is 3.62. The number of aliphatic imine (C=N–C) groups is 1. The van der Waals surface area contributed by atoms with Crippen LogP contribution >= 0.6 is 11.8 Å². The molecule has 0 bridgehead atoms. The predicted octanol–water partition coefficient (Wildman–Crippen LogP) is 3.71. The number of aromatic carboxylic acids is 1. The van der Waals surface area contributed by atoms with Crippen LogP contribution in [0.25, 0.3) is 6.08 Å². The Morgan fingerprint density at radius 1 is 1.19 bits per heavy atom. The quantitative estimate of drug-likeness (QED) is 0.803. The van der Waals surface area contributed by atoms with Gasteiger partial charge in [0.1, 0.15) is 5.75 Å². The fourth-order valence-corrected chi connectivity index (χ4v) is 3.46. The zero-order valence-corrected chi connectivity index (χ0v) is 14.7. The molecule has 0 atom stereocenters. The maximum Gasteiger partial charge on any atom is 0.335 e. The topological polar surface area (TPSA) is 90.2 Å². The lowest BCUT2D eigenvalue weighted by Crippen LogP contribution is -2.28. The number of para-hydroxylation sites is 1. The normalized spacial score (nSPS) is 17.3. The highest BCUT2D eigenvalue weighted by molar-refractivity contribution is 8.18. The van der Waals surface area contributed by atoms with Crippen molar-refractivity contribution in [1.82, 2.24) is 4.90 Å². The minimum Gasteiger partial charge on any atom is -0.507 e. The molecule has 0 spiro atoms. The van der Waals surface area contributed by atoms with E-state index in [0.717, 1.165) is 0 Å². The molecule has 7 heteroatoms. The molecular formula is C19H16N2O4S. The first kappa shape index (κ1) is 17.8. The molecule has 1 heterocycles. The van der Waals surface area contributed by atoms with E-state index in [-0.39, 0.29) is 17.2 Å². The van der Waals surface area contributed by atoms with Crippen LogP contribution in [0.3, 0.4) is 0 Å². The summed E-state index contributed by atoms with van der Waals surface area (Å²) in [6.45, 7) is 2.31. The minimum atomic E-state index is -1.00. The zero-order chi connectivity index (χ0) is 18.7. The average molecular weight is 368 g/mol. The predicted molar refractivity (Wildman–Crippen MR) is 102 cm³/mol. The second-order valence-corrected chi connectivity index (χ2v) is 6.47. The van der Waals surface area contributed by atoms with Gasteiger partial charge in [-0.25, -0.2) is 9.79 Å². The first-order valence-corrected chi connectivity index (χ1v) is 8.72. The fourth-order valence-electron chi connectivity index (χ4n) is 2.41. The SMILES string of the molecule is CCN1C(=O)C(=Cc2ccccc2O)SC1=Nc1ccc(C(=O)O)cc1. The molecule has 1 fully saturated rings. The smallest absolute Gasteiger partial charge is 0.335 e. The number of thioether (sulfide) groups is 1. The molecule has 1 amide bonds. The molecule has 3 rings (SSSR count). The van der Waals surface area contributed by atoms with Crippen molar-refractivity contribution in [2.45, 2.75) is 6.92 Å². The van der Waals surface area contributed by atoms with Crippen molar-refractivity contribution in [2.24, 2.45) is 4.99 Å². The number of amides is 1. The van der Waals surface area contributed by atoms with E-state index in [2.05, 4.69) is 4.99 Å². The Morgan fingerprint density at radius 3 is 2.50 bits per heavy atom. The molecule has 1 aliphatic heterocycles. The van der Waals surface area contributed by atoms with Gasteiger partial charge in [-0.05, 0) is 55.1 Å². The van der Waals surface area contributed by atoms with Gasteiger partial charge in [-0.15, -0.1) is 0 Å². The lowest BCUT2D eigenvalue weighted by molar-refractivity contribution is -0.122. The number of hydrogen-bond acceptors (Lipinski definition) is 5. The molecule has 0 radical (unpaired) electrons. The van der Waals surface area contributed by atoms with Gasteiger partial charge in [0.25, 0.3) is 5.91 Å². The Kier molecular flexibility index (Phi) is 5.09. The number of rotatable bonds is 4. The van der Waals surface area contributed by atoms with Crippen LogP contribution in [0.15, 0.2) is 58.4 Å². The van der Waals surface area contributed by atoms with E-state index in [0.29, 0.717) is 27.9 Å². The van der Waals surface area contributed by atoms with E-state index in [4.69, 9.17) is 5.11 Å². The lowest BCUT2D eigenvalue weighted by Gasteiger charge is -2.12. The zero-order valence-electron chi connectivity index (χ0n) is 13.9. The van der Waals surface area contributed by atoms with Crippen LogP contribution < -0.4 is 0 Å². The first-order chi connectivity index (χ1) is 12.5. The number of carboxylic acids is 1. The van der Waals surface area contributed by atoms with Crippen LogP contribution in [0.2, 0.25) is 0 Å². The number of benzene rings is 2. The van der Waals surface area contributed by atoms with Crippen molar-refractivity contribution < 1.29 is 19.8 Å². The number of amidine groups is 1. The number of carbonyl (C=O) groups is 2. The number of carboxylic acid groups (broad SMARTS) is 1. The van der Waals surface area contributed by atoms with Crippen molar-refractivity contribution in [1.29, 1.82) is 0 Å². The van der Waals surface area contributed by atoms with Gasteiger partial charge in [0, 0.05) is 12.1 Å². The number of likely N-dealkylation sites (N-methyl/N-ethyl adjacent to an activating group) is 1. The second-order valence-electron chi connectivity index (χ2n) is 5.47. The van der Waals surface area contributed by atoms with E-state index in [9.17, 15) is 14.7 Å². The third-order valence-corrected chi connectivity index (χ3v) is 4.77. The standard InChI is InChI=1S/C19H16N2O4S/c1-2-21-17(23)16(11-13-5-3-4-6-15(13)22)26-19(21)20-14-9-7-12(8-10-14)18(24)25/h3-11,22H,2H2,1H3,(H,24,25). The molecule has 0 aromatic heterocycles. The Labute approximate surface area is 154 Å². The molecule has 0 saturated carbocycles. The number of phenols is 1. The van der Waals surface area contributed by atoms with Crippen molar-refractivity contribution in [3.63, 3.8) is 0 Å². The minimum absolute atomic E-state index is 0.103. The summed E-state index contributed by atoms with van der Waals surface area (Å²) in [7, 11) is 0. The summed E-state index contributed by atoms with van der Waals surface area (Å²) in [5, 5.41) is 19.4. The van der Waals surface area contributed by atoms with E-state index >= 15 is 0 Å². The van der Waals surface area contributed by atoms with Crippen molar-refractivity contribution >= 4 is 40.6 Å². The van der Waals surface area contributed by atoms with Gasteiger partial charge in [-0.3, -0.25) is 9.69 Å². The molecule has 2 aromatic carbocycles. The number of hydrogen-bond donors (Lipinski definition) is 2. The van der Waals surface area contributed by atoms with Gasteiger partial charge in [0.05, 0.1) is 16.2 Å². The van der Waals surface area contributed by atoms with Crippen LogP contribution in [-0.2, 0) is 4.79 Å². The lowest BCUT2D eigenvalue weighted by atomic mass is 10.2. The summed E-state index contributed by atoms with van der Waals surface area (Å²) in [6, 6.07) is 12.9.